The highest BCUT2D eigenvalue weighted by atomic mass is 35.5. The fourth-order valence-electron chi connectivity index (χ4n) is 1.72. The van der Waals surface area contributed by atoms with Crippen molar-refractivity contribution in [2.24, 2.45) is 0 Å². The van der Waals surface area contributed by atoms with Crippen LogP contribution in [0.3, 0.4) is 0 Å². The highest BCUT2D eigenvalue weighted by Crippen LogP contribution is 2.29. The van der Waals surface area contributed by atoms with E-state index < -0.39 is 5.97 Å². The molecule has 1 aromatic carbocycles. The Morgan fingerprint density at radius 2 is 2.14 bits per heavy atom. The molecule has 0 saturated heterocycles. The Hall–Kier alpha value is -2.27. The van der Waals surface area contributed by atoms with E-state index in [1.54, 1.807) is 44.4 Å². The first-order valence-electron chi connectivity index (χ1n) is 6.37. The first-order chi connectivity index (χ1) is 10.1. The number of esters is 1. The molecule has 0 aliphatic carbocycles. The summed E-state index contributed by atoms with van der Waals surface area (Å²) < 4.78 is 10.1. The van der Waals surface area contributed by atoms with Crippen molar-refractivity contribution < 1.29 is 14.3 Å². The molecular weight excluding hydrogens is 292 g/mol. The topological polar surface area (TPSA) is 60.5 Å². The van der Waals surface area contributed by atoms with Gasteiger partial charge >= 0.3 is 5.97 Å². The van der Waals surface area contributed by atoms with Gasteiger partial charge in [-0.2, -0.15) is 0 Å². The van der Waals surface area contributed by atoms with E-state index >= 15 is 0 Å². The molecule has 2 aromatic rings. The average molecular weight is 307 g/mol. The second kappa shape index (κ2) is 6.95. The van der Waals surface area contributed by atoms with Gasteiger partial charge in [0, 0.05) is 11.2 Å². The molecule has 6 heteroatoms. The van der Waals surface area contributed by atoms with E-state index in [1.807, 2.05) is 0 Å². The third-order valence-corrected chi connectivity index (χ3v) is 2.93. The van der Waals surface area contributed by atoms with Gasteiger partial charge in [-0.15, -0.1) is 0 Å². The number of aromatic nitrogens is 1. The van der Waals surface area contributed by atoms with E-state index in [-0.39, 0.29) is 0 Å². The van der Waals surface area contributed by atoms with Crippen molar-refractivity contribution >= 4 is 29.1 Å². The van der Waals surface area contributed by atoms with Crippen LogP contribution in [-0.4, -0.2) is 24.7 Å². The lowest BCUT2D eigenvalue weighted by molar-refractivity contribution is 0.0526. The minimum atomic E-state index is -0.392. The summed E-state index contributed by atoms with van der Waals surface area (Å²) in [6.45, 7) is 2.09. The number of methoxy groups -OCH3 is 1. The molecule has 0 aliphatic rings. The summed E-state index contributed by atoms with van der Waals surface area (Å²) in [5.74, 6) is 0.830. The summed E-state index contributed by atoms with van der Waals surface area (Å²) >= 11 is 5.96. The number of carbonyl (C=O) groups excluding carboxylic acids is 1. The maximum Gasteiger partial charge on any atom is 0.339 e. The summed E-state index contributed by atoms with van der Waals surface area (Å²) in [5.41, 5.74) is 1.10. The van der Waals surface area contributed by atoms with Gasteiger partial charge < -0.3 is 14.8 Å². The van der Waals surface area contributed by atoms with E-state index in [0.29, 0.717) is 34.4 Å². The van der Waals surface area contributed by atoms with Gasteiger partial charge in [-0.1, -0.05) is 11.6 Å². The van der Waals surface area contributed by atoms with Gasteiger partial charge in [0.25, 0.3) is 0 Å². The molecule has 0 amide bonds. The Kier molecular flexibility index (Phi) is 5.00. The maximum absolute atomic E-state index is 11.5. The number of hydrogen-bond donors (Lipinski definition) is 1. The van der Waals surface area contributed by atoms with Crippen molar-refractivity contribution in [3.63, 3.8) is 0 Å². The molecule has 21 heavy (non-hydrogen) atoms. The van der Waals surface area contributed by atoms with Crippen LogP contribution in [0.5, 0.6) is 5.75 Å². The normalized spacial score (nSPS) is 10.0. The molecule has 1 aromatic heterocycles. The predicted octanol–water partition coefficient (Wildman–Crippen LogP) is 3.66. The maximum atomic E-state index is 11.5. The predicted molar refractivity (Wildman–Crippen MR) is 81.5 cm³/mol. The number of nitrogens with one attached hydrogen (secondary N) is 1. The molecule has 0 bridgehead atoms. The zero-order valence-electron chi connectivity index (χ0n) is 11.7. The third kappa shape index (κ3) is 3.86. The van der Waals surface area contributed by atoms with Gasteiger partial charge in [0.05, 0.1) is 25.0 Å². The van der Waals surface area contributed by atoms with Crippen molar-refractivity contribution in [1.82, 2.24) is 4.98 Å². The molecule has 0 spiro atoms. The standard InChI is InChI=1S/C15H15ClN2O3/c1-3-21-15(19)10-4-7-14(17-9-10)18-12-8-11(16)5-6-13(12)20-2/h4-9H,3H2,1-2H3,(H,17,18). The fraction of sp³-hybridized carbons (Fsp3) is 0.200. The number of rotatable bonds is 5. The Bertz CT molecular complexity index is 629. The van der Waals surface area contributed by atoms with Crippen LogP contribution in [0.25, 0.3) is 0 Å². The van der Waals surface area contributed by atoms with Gasteiger partial charge in [-0.05, 0) is 37.3 Å². The molecular formula is C15H15ClN2O3. The third-order valence-electron chi connectivity index (χ3n) is 2.70. The van der Waals surface area contributed by atoms with Crippen LogP contribution in [0.2, 0.25) is 5.02 Å². The minimum absolute atomic E-state index is 0.332. The Morgan fingerprint density at radius 3 is 2.76 bits per heavy atom. The minimum Gasteiger partial charge on any atom is -0.495 e. The van der Waals surface area contributed by atoms with E-state index in [9.17, 15) is 4.79 Å². The van der Waals surface area contributed by atoms with Crippen molar-refractivity contribution in [2.45, 2.75) is 6.92 Å². The monoisotopic (exact) mass is 306 g/mol. The molecule has 0 aliphatic heterocycles. The van der Waals surface area contributed by atoms with Crippen LogP contribution in [0.15, 0.2) is 36.5 Å². The molecule has 5 nitrogen and oxygen atoms in total. The number of benzene rings is 1. The number of carbonyl (C=O) groups is 1. The molecule has 1 heterocycles. The van der Waals surface area contributed by atoms with Gasteiger partial charge in [-0.3, -0.25) is 0 Å². The van der Waals surface area contributed by atoms with Crippen LogP contribution >= 0.6 is 11.6 Å². The van der Waals surface area contributed by atoms with Crippen LogP contribution in [0.1, 0.15) is 17.3 Å². The van der Waals surface area contributed by atoms with Crippen molar-refractivity contribution in [2.75, 3.05) is 19.0 Å². The number of pyridine rings is 1. The van der Waals surface area contributed by atoms with Crippen LogP contribution in [0.4, 0.5) is 11.5 Å². The SMILES string of the molecule is CCOC(=O)c1ccc(Nc2cc(Cl)ccc2OC)nc1. The smallest absolute Gasteiger partial charge is 0.339 e. The van der Waals surface area contributed by atoms with Gasteiger partial charge in [0.2, 0.25) is 0 Å². The lowest BCUT2D eigenvalue weighted by Gasteiger charge is -2.11. The van der Waals surface area contributed by atoms with E-state index in [4.69, 9.17) is 21.1 Å². The van der Waals surface area contributed by atoms with E-state index in [1.165, 1.54) is 6.20 Å². The summed E-state index contributed by atoms with van der Waals surface area (Å²) in [6, 6.07) is 8.57. The largest absolute Gasteiger partial charge is 0.495 e. The summed E-state index contributed by atoms with van der Waals surface area (Å²) in [7, 11) is 1.58. The number of hydrogen-bond acceptors (Lipinski definition) is 5. The molecule has 110 valence electrons. The Labute approximate surface area is 127 Å². The van der Waals surface area contributed by atoms with Crippen LogP contribution in [0, 0.1) is 0 Å². The molecule has 0 atom stereocenters. The molecule has 0 radical (unpaired) electrons. The van der Waals surface area contributed by atoms with Gasteiger partial charge in [-0.25, -0.2) is 9.78 Å². The molecule has 1 N–H and O–H groups in total. The van der Waals surface area contributed by atoms with Crippen molar-refractivity contribution in [1.29, 1.82) is 0 Å². The zero-order valence-corrected chi connectivity index (χ0v) is 12.5. The number of anilines is 2. The summed E-state index contributed by atoms with van der Waals surface area (Å²) in [5, 5.41) is 3.67. The Balaban J connectivity index is 2.17. The highest BCUT2D eigenvalue weighted by Gasteiger charge is 2.08. The van der Waals surface area contributed by atoms with Crippen LogP contribution in [-0.2, 0) is 4.74 Å². The first-order valence-corrected chi connectivity index (χ1v) is 6.75. The second-order valence-corrected chi connectivity index (χ2v) is 4.56. The van der Waals surface area contributed by atoms with E-state index in [2.05, 4.69) is 10.3 Å². The number of nitrogens with zero attached hydrogens (tertiary/aromatic N) is 1. The van der Waals surface area contributed by atoms with E-state index in [0.717, 1.165) is 0 Å². The van der Waals surface area contributed by atoms with Gasteiger partial charge in [0.15, 0.2) is 0 Å². The zero-order chi connectivity index (χ0) is 15.2. The Morgan fingerprint density at radius 1 is 1.33 bits per heavy atom. The molecule has 2 rings (SSSR count). The second-order valence-electron chi connectivity index (χ2n) is 4.12. The first kappa shape index (κ1) is 15.1. The molecule has 0 saturated carbocycles. The lowest BCUT2D eigenvalue weighted by Crippen LogP contribution is -2.05. The quantitative estimate of drug-likeness (QED) is 0.854. The summed E-state index contributed by atoms with van der Waals surface area (Å²) in [6.07, 6.45) is 1.46. The number of ether oxygens (including phenoxy) is 2. The fourth-order valence-corrected chi connectivity index (χ4v) is 1.89. The van der Waals surface area contributed by atoms with Gasteiger partial charge in [0.1, 0.15) is 11.6 Å². The average Bonchev–Trinajstić information content (AvgIpc) is 2.48. The highest BCUT2D eigenvalue weighted by molar-refractivity contribution is 6.31. The summed E-state index contributed by atoms with van der Waals surface area (Å²) in [4.78, 5) is 15.7. The van der Waals surface area contributed by atoms with Crippen LogP contribution < -0.4 is 10.1 Å². The van der Waals surface area contributed by atoms with Crippen molar-refractivity contribution in [3.05, 3.63) is 47.1 Å². The van der Waals surface area contributed by atoms with Crippen molar-refractivity contribution in [3.8, 4) is 5.75 Å². The molecule has 0 fully saturated rings. The lowest BCUT2D eigenvalue weighted by atomic mass is 10.2. The number of halogens is 1. The molecule has 0 unspecified atom stereocenters.